The summed E-state index contributed by atoms with van der Waals surface area (Å²) in [6.45, 7) is 15.9. The van der Waals surface area contributed by atoms with E-state index in [1.807, 2.05) is 13.8 Å². The van der Waals surface area contributed by atoms with E-state index in [4.69, 9.17) is 28.7 Å². The average molecular weight is 762 g/mol. The van der Waals surface area contributed by atoms with Crippen molar-refractivity contribution in [3.05, 3.63) is 56.9 Å². The Balaban J connectivity index is 1.42. The van der Waals surface area contributed by atoms with E-state index in [2.05, 4.69) is 5.32 Å². The zero-order valence-electron chi connectivity index (χ0n) is 33.1. The van der Waals surface area contributed by atoms with Crippen molar-refractivity contribution in [3.63, 3.8) is 0 Å². The van der Waals surface area contributed by atoms with Crippen LogP contribution >= 0.6 is 0 Å². The van der Waals surface area contributed by atoms with Crippen molar-refractivity contribution in [1.82, 2.24) is 14.9 Å². The predicted molar refractivity (Wildman–Crippen MR) is 201 cm³/mol. The van der Waals surface area contributed by atoms with Crippen molar-refractivity contribution < 1.29 is 47.7 Å². The number of nitrogens with one attached hydrogen (secondary N) is 1. The molecular weight excluding hydrogens is 710 g/mol. The van der Waals surface area contributed by atoms with Gasteiger partial charge >= 0.3 is 24.1 Å². The second kappa shape index (κ2) is 15.8. The van der Waals surface area contributed by atoms with Gasteiger partial charge in [0.05, 0.1) is 35.4 Å². The zero-order valence-corrected chi connectivity index (χ0v) is 33.1. The number of pyridine rings is 2. The number of esters is 3. The van der Waals surface area contributed by atoms with E-state index in [0.29, 0.717) is 36.2 Å². The quantitative estimate of drug-likeness (QED) is 0.0969. The summed E-state index contributed by atoms with van der Waals surface area (Å²) in [4.78, 5) is 84.1. The third-order valence-electron chi connectivity index (χ3n) is 9.41. The zero-order chi connectivity index (χ0) is 40.5. The fraction of sp³-hybridized carbons (Fsp3) is 0.537. The Hall–Kier alpha value is -5.27. The molecule has 1 amide bonds. The molecule has 1 N–H and O–H groups in total. The van der Waals surface area contributed by atoms with Crippen molar-refractivity contribution in [3.8, 4) is 17.1 Å². The van der Waals surface area contributed by atoms with Gasteiger partial charge in [-0.3, -0.25) is 14.4 Å². The highest BCUT2D eigenvalue weighted by molar-refractivity contribution is 5.91. The number of carbonyl (C=O) groups is 5. The summed E-state index contributed by atoms with van der Waals surface area (Å²) in [5.41, 5.74) is -0.162. The molecule has 0 fully saturated rings. The lowest BCUT2D eigenvalue weighted by molar-refractivity contribution is -0.189. The van der Waals surface area contributed by atoms with E-state index >= 15 is 0 Å². The van der Waals surface area contributed by atoms with E-state index in [9.17, 15) is 28.8 Å². The van der Waals surface area contributed by atoms with Gasteiger partial charge in [-0.25, -0.2) is 19.4 Å². The van der Waals surface area contributed by atoms with E-state index in [-0.39, 0.29) is 42.9 Å². The van der Waals surface area contributed by atoms with Gasteiger partial charge in [-0.2, -0.15) is 0 Å². The molecule has 0 saturated heterocycles. The molecule has 0 spiro atoms. The van der Waals surface area contributed by atoms with E-state index in [1.54, 1.807) is 77.3 Å². The molecule has 0 aliphatic carbocycles. The SMILES string of the molecule is CCCCC(NC(=O)CCC(=O)O[C@]1(CC)C(=O)OCc2c1cc1n(c2=O)Cc2c-1nc1ccc(OC(=O)OC(C)(C)C)cc1c2CC)C(=O)OC(C)(C)C. The van der Waals surface area contributed by atoms with Gasteiger partial charge < -0.3 is 33.6 Å². The number of nitrogens with zero attached hydrogens (tertiary/aromatic N) is 2. The van der Waals surface area contributed by atoms with Gasteiger partial charge in [0.25, 0.3) is 5.56 Å². The van der Waals surface area contributed by atoms with Crippen molar-refractivity contribution >= 4 is 40.9 Å². The number of amides is 1. The van der Waals surface area contributed by atoms with E-state index in [1.165, 1.54) is 0 Å². The first kappa shape index (κ1) is 40.9. The first-order valence-corrected chi connectivity index (χ1v) is 18.9. The van der Waals surface area contributed by atoms with Gasteiger partial charge in [0.15, 0.2) is 0 Å². The number of cyclic esters (lactones) is 1. The highest BCUT2D eigenvalue weighted by atomic mass is 16.7. The molecule has 3 aromatic rings. The number of hydrogen-bond acceptors (Lipinski definition) is 12. The highest BCUT2D eigenvalue weighted by Crippen LogP contribution is 2.42. The van der Waals surface area contributed by atoms with Crippen LogP contribution in [0.3, 0.4) is 0 Å². The first-order valence-electron chi connectivity index (χ1n) is 18.9. The van der Waals surface area contributed by atoms with Gasteiger partial charge in [0, 0.05) is 22.9 Å². The van der Waals surface area contributed by atoms with Crippen LogP contribution < -0.4 is 15.6 Å². The molecule has 14 heteroatoms. The topological polar surface area (TPSA) is 178 Å². The molecule has 0 radical (unpaired) electrons. The van der Waals surface area contributed by atoms with Crippen LogP contribution in [0.25, 0.3) is 22.3 Å². The summed E-state index contributed by atoms with van der Waals surface area (Å²) in [5, 5.41) is 3.42. The minimum Gasteiger partial charge on any atom is -0.458 e. The molecule has 0 saturated carbocycles. The molecular formula is C41H51N3O11. The van der Waals surface area contributed by atoms with Gasteiger partial charge in [0.1, 0.15) is 29.6 Å². The molecule has 2 aliphatic heterocycles. The summed E-state index contributed by atoms with van der Waals surface area (Å²) in [7, 11) is 0. The molecule has 5 rings (SSSR count). The van der Waals surface area contributed by atoms with Gasteiger partial charge in [-0.15, -0.1) is 0 Å². The molecule has 1 aromatic carbocycles. The van der Waals surface area contributed by atoms with Crippen LogP contribution in [0.4, 0.5) is 4.79 Å². The second-order valence-electron chi connectivity index (χ2n) is 15.9. The molecule has 1 unspecified atom stereocenters. The maximum absolute atomic E-state index is 14.1. The number of aryl methyl sites for hydroxylation is 1. The summed E-state index contributed by atoms with van der Waals surface area (Å²) in [5.74, 6) is -2.52. The van der Waals surface area contributed by atoms with Crippen molar-refractivity contribution in [2.45, 2.75) is 143 Å². The lowest BCUT2D eigenvalue weighted by Gasteiger charge is -2.35. The van der Waals surface area contributed by atoms with Gasteiger partial charge in [0.2, 0.25) is 11.5 Å². The van der Waals surface area contributed by atoms with Crippen LogP contribution in [0.5, 0.6) is 5.75 Å². The van der Waals surface area contributed by atoms with E-state index in [0.717, 1.165) is 22.9 Å². The maximum Gasteiger partial charge on any atom is 0.514 e. The van der Waals surface area contributed by atoms with Crippen molar-refractivity contribution in [1.29, 1.82) is 0 Å². The minimum absolute atomic E-state index is 0.0456. The predicted octanol–water partition coefficient (Wildman–Crippen LogP) is 6.30. The fourth-order valence-electron chi connectivity index (χ4n) is 6.89. The number of fused-ring (bicyclic) bond motifs is 5. The molecule has 0 bridgehead atoms. The summed E-state index contributed by atoms with van der Waals surface area (Å²) < 4.78 is 29.2. The molecule has 4 heterocycles. The van der Waals surface area contributed by atoms with Crippen LogP contribution in [0, 0.1) is 0 Å². The Morgan fingerprint density at radius 2 is 1.67 bits per heavy atom. The van der Waals surface area contributed by atoms with Crippen molar-refractivity contribution in [2.75, 3.05) is 0 Å². The lowest BCUT2D eigenvalue weighted by Crippen LogP contribution is -2.47. The summed E-state index contributed by atoms with van der Waals surface area (Å²) in [6, 6.07) is 5.84. The smallest absolute Gasteiger partial charge is 0.458 e. The monoisotopic (exact) mass is 761 g/mol. The van der Waals surface area contributed by atoms with E-state index < -0.39 is 64.8 Å². The van der Waals surface area contributed by atoms with Crippen LogP contribution in [-0.4, -0.2) is 56.8 Å². The Labute approximate surface area is 320 Å². The number of benzene rings is 1. The number of aromatic nitrogens is 2. The highest BCUT2D eigenvalue weighted by Gasteiger charge is 2.50. The Bertz CT molecular complexity index is 2090. The number of unbranched alkanes of at least 4 members (excludes halogenated alkanes) is 1. The van der Waals surface area contributed by atoms with Crippen LogP contribution in [0.15, 0.2) is 29.1 Å². The number of rotatable bonds is 12. The van der Waals surface area contributed by atoms with Crippen molar-refractivity contribution in [2.24, 2.45) is 0 Å². The molecule has 14 nitrogen and oxygen atoms in total. The van der Waals surface area contributed by atoms with Crippen LogP contribution in [-0.2, 0) is 63.3 Å². The summed E-state index contributed by atoms with van der Waals surface area (Å²) >= 11 is 0. The van der Waals surface area contributed by atoms with Gasteiger partial charge in [-0.1, -0.05) is 33.6 Å². The second-order valence-corrected chi connectivity index (χ2v) is 15.9. The molecule has 2 atom stereocenters. The number of hydrogen-bond donors (Lipinski definition) is 1. The minimum atomic E-state index is -1.95. The van der Waals surface area contributed by atoms with Gasteiger partial charge in [-0.05, 0) is 90.6 Å². The Morgan fingerprint density at radius 1 is 0.964 bits per heavy atom. The number of ether oxygens (including phenoxy) is 5. The standard InChI is InChI=1S/C41H51N3O11/c1-10-13-14-30(36(48)54-39(4,5)6)42-32(45)17-18-33(46)53-41(12-3)28-20-31-34-26(21-44(31)35(47)27(28)22-51-37(41)49)24(11-2)25-19-23(15-16-29(25)43-34)52-38(50)55-40(7,8)9/h15-16,19-20,30H,10-14,17-18,21-22H2,1-9H3,(H,42,45)/t30?,41-/m0/s1. The maximum atomic E-state index is 14.1. The third kappa shape index (κ3) is 8.84. The number of carbonyl (C=O) groups excluding carboxylic acids is 5. The average Bonchev–Trinajstić information content (AvgIpc) is 3.46. The Morgan fingerprint density at radius 3 is 2.31 bits per heavy atom. The molecule has 296 valence electrons. The lowest BCUT2D eigenvalue weighted by atomic mass is 9.85. The summed E-state index contributed by atoms with van der Waals surface area (Å²) in [6.07, 6.45) is 0.837. The fourth-order valence-corrected chi connectivity index (χ4v) is 6.89. The Kier molecular flexibility index (Phi) is 11.8. The molecule has 2 aliphatic rings. The first-order chi connectivity index (χ1) is 25.8. The third-order valence-corrected chi connectivity index (χ3v) is 9.41. The molecule has 55 heavy (non-hydrogen) atoms. The normalized spacial score (nSPS) is 16.6. The van der Waals surface area contributed by atoms with Crippen LogP contribution in [0.2, 0.25) is 0 Å². The van der Waals surface area contributed by atoms with Crippen LogP contribution in [0.1, 0.15) is 123 Å². The largest absolute Gasteiger partial charge is 0.514 e. The molecule has 2 aromatic heterocycles.